The van der Waals surface area contributed by atoms with Gasteiger partial charge in [0.25, 0.3) is 0 Å². The highest BCUT2D eigenvalue weighted by molar-refractivity contribution is 6.20. The maximum Gasteiger partial charge on any atom is 0.0534 e. The second-order valence-electron chi connectivity index (χ2n) is 2.93. The maximum absolute atomic E-state index is 5.77. The minimum absolute atomic E-state index is 0.182. The van der Waals surface area contributed by atoms with E-state index in [0.29, 0.717) is 0 Å². The number of nitrogens with zero attached hydrogens (tertiary/aromatic N) is 2. The zero-order valence-corrected chi connectivity index (χ0v) is 8.17. The second-order valence-corrected chi connectivity index (χ2v) is 3.68. The van der Waals surface area contributed by atoms with Crippen LogP contribution in [0.2, 0.25) is 0 Å². The first-order valence-electron chi connectivity index (χ1n) is 4.01. The van der Waals surface area contributed by atoms with Crippen molar-refractivity contribution in [2.45, 2.75) is 18.8 Å². The highest BCUT2D eigenvalue weighted by atomic mass is 35.5. The van der Waals surface area contributed by atoms with Crippen molar-refractivity contribution in [1.82, 2.24) is 15.1 Å². The van der Waals surface area contributed by atoms with E-state index in [1.54, 1.807) is 4.68 Å². The van der Waals surface area contributed by atoms with Crippen LogP contribution in [0.15, 0.2) is 12.4 Å². The van der Waals surface area contributed by atoms with Crippen molar-refractivity contribution in [3.63, 3.8) is 0 Å². The van der Waals surface area contributed by atoms with Crippen LogP contribution in [0.3, 0.4) is 0 Å². The molecule has 0 bridgehead atoms. The summed E-state index contributed by atoms with van der Waals surface area (Å²) in [5.41, 5.74) is 1.19. The van der Waals surface area contributed by atoms with E-state index in [2.05, 4.69) is 10.4 Å². The Morgan fingerprint density at radius 1 is 1.75 bits per heavy atom. The molecule has 0 amide bonds. The molecule has 0 aliphatic rings. The van der Waals surface area contributed by atoms with E-state index in [4.69, 9.17) is 11.6 Å². The third-order valence-corrected chi connectivity index (χ3v) is 1.67. The molecule has 68 valence electrons. The first-order valence-corrected chi connectivity index (χ1v) is 4.44. The van der Waals surface area contributed by atoms with Crippen LogP contribution in [0.4, 0.5) is 0 Å². The van der Waals surface area contributed by atoms with Gasteiger partial charge in [0.15, 0.2) is 0 Å². The quantitative estimate of drug-likeness (QED) is 0.717. The molecule has 1 heterocycles. The number of alkyl halides is 1. The standard InChI is InChI=1S/C8H14ClN3/c1-7(9)3-10-4-8-5-11-12(2)6-8/h5-7,10H,3-4H2,1-2H3. The maximum atomic E-state index is 5.77. The Morgan fingerprint density at radius 3 is 3.00 bits per heavy atom. The first kappa shape index (κ1) is 9.55. The number of hydrogen-bond acceptors (Lipinski definition) is 2. The van der Waals surface area contributed by atoms with Crippen molar-refractivity contribution in [2.75, 3.05) is 6.54 Å². The van der Waals surface area contributed by atoms with Gasteiger partial charge in [-0.3, -0.25) is 4.68 Å². The Hall–Kier alpha value is -0.540. The van der Waals surface area contributed by atoms with E-state index in [9.17, 15) is 0 Å². The fourth-order valence-corrected chi connectivity index (χ4v) is 1.09. The SMILES string of the molecule is CC(Cl)CNCc1cnn(C)c1. The number of halogens is 1. The van der Waals surface area contributed by atoms with Crippen LogP contribution in [0.25, 0.3) is 0 Å². The Bertz CT molecular complexity index is 232. The molecule has 0 fully saturated rings. The third kappa shape index (κ3) is 3.24. The van der Waals surface area contributed by atoms with Crippen LogP contribution >= 0.6 is 11.6 Å². The largest absolute Gasteiger partial charge is 0.311 e. The predicted octanol–water partition coefficient (Wildman–Crippen LogP) is 1.14. The van der Waals surface area contributed by atoms with Gasteiger partial charge in [-0.25, -0.2) is 0 Å². The highest BCUT2D eigenvalue weighted by Gasteiger charge is 1.97. The zero-order valence-electron chi connectivity index (χ0n) is 7.42. The van der Waals surface area contributed by atoms with E-state index in [1.807, 2.05) is 26.4 Å². The van der Waals surface area contributed by atoms with Crippen LogP contribution in [-0.4, -0.2) is 21.7 Å². The summed E-state index contributed by atoms with van der Waals surface area (Å²) in [5.74, 6) is 0. The predicted molar refractivity (Wildman–Crippen MR) is 50.2 cm³/mol. The molecule has 0 aliphatic heterocycles. The average molecular weight is 188 g/mol. The molecule has 1 unspecified atom stereocenters. The average Bonchev–Trinajstić information content (AvgIpc) is 2.35. The van der Waals surface area contributed by atoms with Crippen LogP contribution in [0.5, 0.6) is 0 Å². The van der Waals surface area contributed by atoms with E-state index in [1.165, 1.54) is 5.56 Å². The molecule has 1 atom stereocenters. The van der Waals surface area contributed by atoms with Crippen LogP contribution in [-0.2, 0) is 13.6 Å². The van der Waals surface area contributed by atoms with Gasteiger partial charge in [0.05, 0.1) is 6.20 Å². The molecule has 12 heavy (non-hydrogen) atoms. The van der Waals surface area contributed by atoms with Crippen molar-refractivity contribution in [2.24, 2.45) is 7.05 Å². The van der Waals surface area contributed by atoms with Crippen LogP contribution < -0.4 is 5.32 Å². The smallest absolute Gasteiger partial charge is 0.0534 e. The Kier molecular flexibility index (Phi) is 3.56. The van der Waals surface area contributed by atoms with E-state index < -0.39 is 0 Å². The van der Waals surface area contributed by atoms with Gasteiger partial charge in [-0.15, -0.1) is 11.6 Å². The molecular formula is C8H14ClN3. The summed E-state index contributed by atoms with van der Waals surface area (Å²) >= 11 is 5.77. The monoisotopic (exact) mass is 187 g/mol. The Labute approximate surface area is 77.7 Å². The lowest BCUT2D eigenvalue weighted by molar-refractivity contribution is 0.679. The zero-order chi connectivity index (χ0) is 8.97. The molecule has 0 saturated heterocycles. The first-order chi connectivity index (χ1) is 5.68. The molecule has 0 radical (unpaired) electrons. The lowest BCUT2D eigenvalue weighted by Crippen LogP contribution is -2.20. The minimum Gasteiger partial charge on any atom is -0.311 e. The van der Waals surface area contributed by atoms with Gasteiger partial charge < -0.3 is 5.32 Å². The van der Waals surface area contributed by atoms with Gasteiger partial charge in [0.1, 0.15) is 0 Å². The summed E-state index contributed by atoms with van der Waals surface area (Å²) in [7, 11) is 1.91. The molecule has 3 nitrogen and oxygen atoms in total. The summed E-state index contributed by atoms with van der Waals surface area (Å²) in [6.07, 6.45) is 3.85. The van der Waals surface area contributed by atoms with Gasteiger partial charge in [-0.05, 0) is 6.92 Å². The van der Waals surface area contributed by atoms with Crippen LogP contribution in [0.1, 0.15) is 12.5 Å². The van der Waals surface area contributed by atoms with Crippen molar-refractivity contribution in [3.8, 4) is 0 Å². The summed E-state index contributed by atoms with van der Waals surface area (Å²) in [6.45, 7) is 3.64. The number of nitrogens with one attached hydrogen (secondary N) is 1. The number of aryl methyl sites for hydroxylation is 1. The van der Waals surface area contributed by atoms with Gasteiger partial charge in [0.2, 0.25) is 0 Å². The number of rotatable bonds is 4. The fraction of sp³-hybridized carbons (Fsp3) is 0.625. The van der Waals surface area contributed by atoms with Crippen LogP contribution in [0, 0.1) is 0 Å². The highest BCUT2D eigenvalue weighted by Crippen LogP contribution is 1.96. The molecule has 0 saturated carbocycles. The molecule has 0 aliphatic carbocycles. The van der Waals surface area contributed by atoms with Gasteiger partial charge in [-0.1, -0.05) is 0 Å². The minimum atomic E-state index is 0.182. The summed E-state index contributed by atoms with van der Waals surface area (Å²) < 4.78 is 1.79. The molecular weight excluding hydrogens is 174 g/mol. The number of aromatic nitrogens is 2. The molecule has 1 N–H and O–H groups in total. The van der Waals surface area contributed by atoms with Gasteiger partial charge >= 0.3 is 0 Å². The van der Waals surface area contributed by atoms with Crippen molar-refractivity contribution in [1.29, 1.82) is 0 Å². The summed E-state index contributed by atoms with van der Waals surface area (Å²) in [6, 6.07) is 0. The summed E-state index contributed by atoms with van der Waals surface area (Å²) in [4.78, 5) is 0. The molecule has 4 heteroatoms. The van der Waals surface area contributed by atoms with Crippen molar-refractivity contribution >= 4 is 11.6 Å². The van der Waals surface area contributed by atoms with Gasteiger partial charge in [0, 0.05) is 37.3 Å². The Balaban J connectivity index is 2.24. The lowest BCUT2D eigenvalue weighted by atomic mass is 10.3. The van der Waals surface area contributed by atoms with Crippen molar-refractivity contribution in [3.05, 3.63) is 18.0 Å². The molecule has 1 aromatic rings. The van der Waals surface area contributed by atoms with E-state index in [0.717, 1.165) is 13.1 Å². The third-order valence-electron chi connectivity index (χ3n) is 1.51. The Morgan fingerprint density at radius 2 is 2.50 bits per heavy atom. The normalized spacial score (nSPS) is 13.2. The van der Waals surface area contributed by atoms with E-state index in [-0.39, 0.29) is 5.38 Å². The molecule has 1 rings (SSSR count). The topological polar surface area (TPSA) is 29.9 Å². The van der Waals surface area contributed by atoms with Crippen molar-refractivity contribution < 1.29 is 0 Å². The summed E-state index contributed by atoms with van der Waals surface area (Å²) in [5, 5.41) is 7.47. The molecule has 0 aromatic carbocycles. The number of hydrogen-bond donors (Lipinski definition) is 1. The molecule has 1 aromatic heterocycles. The lowest BCUT2D eigenvalue weighted by Gasteiger charge is -2.03. The van der Waals surface area contributed by atoms with Gasteiger partial charge in [-0.2, -0.15) is 5.10 Å². The van der Waals surface area contributed by atoms with E-state index >= 15 is 0 Å². The second kappa shape index (κ2) is 4.48. The molecule has 0 spiro atoms. The fourth-order valence-electron chi connectivity index (χ4n) is 0.979.